The van der Waals surface area contributed by atoms with Crippen LogP contribution in [0.4, 0.5) is 17.6 Å². The summed E-state index contributed by atoms with van der Waals surface area (Å²) in [5.74, 6) is -3.93. The third-order valence-electron chi connectivity index (χ3n) is 10.3. The van der Waals surface area contributed by atoms with Crippen LogP contribution in [0.15, 0.2) is 77.6 Å². The van der Waals surface area contributed by atoms with Gasteiger partial charge in [-0.2, -0.15) is 18.2 Å². The van der Waals surface area contributed by atoms with Crippen molar-refractivity contribution in [2.75, 3.05) is 32.7 Å². The molecule has 0 spiro atoms. The van der Waals surface area contributed by atoms with Crippen LogP contribution in [0.5, 0.6) is 0 Å². The number of aliphatic hydroxyl groups is 2. The van der Waals surface area contributed by atoms with E-state index in [-0.39, 0.29) is 30.9 Å². The number of hydrogen-bond donors (Lipinski definition) is 4. The lowest BCUT2D eigenvalue weighted by molar-refractivity contribution is -0.210. The fourth-order valence-electron chi connectivity index (χ4n) is 6.82. The first-order chi connectivity index (χ1) is 27.0. The summed E-state index contributed by atoms with van der Waals surface area (Å²) in [6.07, 6.45) is -2.40. The monoisotopic (exact) mass is 800 g/mol. The molecule has 2 aliphatic carbocycles. The van der Waals surface area contributed by atoms with E-state index in [2.05, 4.69) is 9.88 Å². The van der Waals surface area contributed by atoms with E-state index in [4.69, 9.17) is 20.4 Å². The van der Waals surface area contributed by atoms with Gasteiger partial charge in [-0.25, -0.2) is 14.0 Å². The molecule has 0 bridgehead atoms. The molecule has 3 unspecified atom stereocenters. The number of halogens is 4. The Morgan fingerprint density at radius 3 is 2.09 bits per heavy atom. The number of rotatable bonds is 16. The molecule has 0 saturated carbocycles. The molecular formula is C41H48F4N4O8. The van der Waals surface area contributed by atoms with Gasteiger partial charge in [0.2, 0.25) is 5.91 Å². The van der Waals surface area contributed by atoms with Crippen molar-refractivity contribution in [3.63, 3.8) is 0 Å². The largest absolute Gasteiger partial charge is 0.479 e. The summed E-state index contributed by atoms with van der Waals surface area (Å²) in [5, 5.41) is 32.5. The van der Waals surface area contributed by atoms with E-state index >= 15 is 0 Å². The molecule has 1 heterocycles. The van der Waals surface area contributed by atoms with E-state index in [1.54, 1.807) is 22.8 Å². The van der Waals surface area contributed by atoms with Crippen LogP contribution in [-0.2, 0) is 46.6 Å². The zero-order chi connectivity index (χ0) is 41.9. The normalized spacial score (nSPS) is 17.2. The Hall–Kier alpha value is -5.19. The third kappa shape index (κ3) is 11.5. The first-order valence-electron chi connectivity index (χ1n) is 18.7. The first kappa shape index (κ1) is 44.5. The van der Waals surface area contributed by atoms with Crippen LogP contribution in [0.3, 0.4) is 0 Å². The highest BCUT2D eigenvalue weighted by atomic mass is 19.4. The number of aromatic nitrogens is 2. The topological polar surface area (TPSA) is 174 Å². The average Bonchev–Trinajstić information content (AvgIpc) is 3.69. The third-order valence-corrected chi connectivity index (χ3v) is 10.3. The van der Waals surface area contributed by atoms with Gasteiger partial charge >= 0.3 is 18.1 Å². The van der Waals surface area contributed by atoms with Crippen LogP contribution in [0, 0.1) is 11.2 Å². The van der Waals surface area contributed by atoms with Crippen molar-refractivity contribution in [1.29, 1.82) is 0 Å². The first-order valence-corrected chi connectivity index (χ1v) is 18.7. The second-order valence-electron chi connectivity index (χ2n) is 13.9. The van der Waals surface area contributed by atoms with Gasteiger partial charge in [-0.3, -0.25) is 9.59 Å². The molecule has 4 N–H and O–H groups in total. The number of fused-ring (bicyclic) bond motifs is 1. The lowest BCUT2D eigenvalue weighted by atomic mass is 9.77. The van der Waals surface area contributed by atoms with E-state index in [1.807, 2.05) is 44.2 Å². The highest BCUT2D eigenvalue weighted by Crippen LogP contribution is 2.47. The highest BCUT2D eigenvalue weighted by Gasteiger charge is 2.54. The van der Waals surface area contributed by atoms with Crippen molar-refractivity contribution >= 4 is 23.4 Å². The minimum absolute atomic E-state index is 0.127. The molecule has 2 aliphatic rings. The number of aliphatic carboxylic acids is 2. The number of likely N-dealkylation sites (N-methyl/N-ethyl adjacent to an activating group) is 1. The van der Waals surface area contributed by atoms with E-state index in [1.165, 1.54) is 29.2 Å². The van der Waals surface area contributed by atoms with Gasteiger partial charge in [0, 0.05) is 37.3 Å². The number of nitrogens with zero attached hydrogens (tertiary/aromatic N) is 4. The number of allylic oxidation sites excluding steroid dienone is 3. The molecule has 0 saturated heterocycles. The van der Waals surface area contributed by atoms with Crippen molar-refractivity contribution in [3.8, 4) is 0 Å². The van der Waals surface area contributed by atoms with Crippen LogP contribution in [0.1, 0.15) is 54.9 Å². The molecule has 0 aliphatic heterocycles. The summed E-state index contributed by atoms with van der Waals surface area (Å²) in [6.45, 7) is 5.20. The quantitative estimate of drug-likeness (QED) is 0.153. The number of hydrogen-bond acceptors (Lipinski definition) is 8. The lowest BCUT2D eigenvalue weighted by Crippen LogP contribution is -2.51. The molecule has 3 atom stereocenters. The molecule has 16 heteroatoms. The van der Waals surface area contributed by atoms with E-state index in [9.17, 15) is 36.7 Å². The Labute approximate surface area is 327 Å². The van der Waals surface area contributed by atoms with Crippen LogP contribution < -0.4 is 5.56 Å². The van der Waals surface area contributed by atoms with Gasteiger partial charge < -0.3 is 34.8 Å². The van der Waals surface area contributed by atoms with Gasteiger partial charge in [-0.05, 0) is 74.0 Å². The maximum absolute atomic E-state index is 15.0. The standard InChI is InChI=1S/C37H42F4N4O2.C4H6O6/c1-3-43(4-2)23-24-44(26-36(37(39,40)41)21-19-29(20-22-36)28-9-6-5-7-10-28)34(46)25-45-32-12-8-11-31(32)35(47)42-33(45)18-15-27-13-16-30(38)17-14-27;5-1(3(7)8)2(6)4(9)10/h5-7,9-10,13-14,16-17,19-21H,3-4,8,11-12,15,18,22-26H2,1-2H3;1-2,5-6H,(H,7,8)(H,9,10). The molecule has 57 heavy (non-hydrogen) atoms. The Balaban J connectivity index is 0.000000635. The van der Waals surface area contributed by atoms with Crippen LogP contribution in [0.2, 0.25) is 0 Å². The van der Waals surface area contributed by atoms with E-state index < -0.39 is 48.2 Å². The maximum Gasteiger partial charge on any atom is 0.399 e. The molecule has 1 aromatic heterocycles. The number of carboxylic acids is 2. The molecule has 12 nitrogen and oxygen atoms in total. The maximum atomic E-state index is 15.0. The number of carboxylic acid groups (broad SMARTS) is 2. The summed E-state index contributed by atoms with van der Waals surface area (Å²) >= 11 is 0. The SMILES string of the molecule is CCN(CC)CCN(CC1(C(F)(F)F)C=CC(c2ccccc2)=CC1)C(=O)Cn1c(CCc2ccc(F)cc2)nc(=O)c2c1CCC2.O=C(O)C(O)C(O)C(=O)O. The van der Waals surface area contributed by atoms with Gasteiger partial charge in [-0.15, -0.1) is 0 Å². The van der Waals surface area contributed by atoms with Crippen LogP contribution in [-0.4, -0.2) is 109 Å². The minimum Gasteiger partial charge on any atom is -0.479 e. The molecule has 2 aromatic carbocycles. The van der Waals surface area contributed by atoms with Gasteiger partial charge in [0.1, 0.15) is 23.6 Å². The number of aryl methyl sites for hydroxylation is 2. The van der Waals surface area contributed by atoms with Crippen molar-refractivity contribution in [3.05, 3.63) is 117 Å². The zero-order valence-corrected chi connectivity index (χ0v) is 31.8. The van der Waals surface area contributed by atoms with E-state index in [0.717, 1.165) is 23.2 Å². The Kier molecular flexibility index (Phi) is 15.5. The number of alkyl halides is 3. The summed E-state index contributed by atoms with van der Waals surface area (Å²) in [6, 6.07) is 15.3. The molecule has 308 valence electrons. The number of carbonyl (C=O) groups excluding carboxylic acids is 1. The summed E-state index contributed by atoms with van der Waals surface area (Å²) in [4.78, 5) is 54.5. The second kappa shape index (κ2) is 19.8. The van der Waals surface area contributed by atoms with Crippen LogP contribution >= 0.6 is 0 Å². The molecule has 5 rings (SSSR count). The molecule has 0 fully saturated rings. The second-order valence-corrected chi connectivity index (χ2v) is 13.9. The summed E-state index contributed by atoms with van der Waals surface area (Å²) in [7, 11) is 0. The predicted molar refractivity (Wildman–Crippen MR) is 203 cm³/mol. The zero-order valence-electron chi connectivity index (χ0n) is 31.8. The summed E-state index contributed by atoms with van der Waals surface area (Å²) in [5.41, 5.74) is 1.12. The van der Waals surface area contributed by atoms with Crippen LogP contribution in [0.25, 0.3) is 5.57 Å². The van der Waals surface area contributed by atoms with Gasteiger partial charge in [0.15, 0.2) is 12.2 Å². The molecule has 3 aromatic rings. The van der Waals surface area contributed by atoms with Gasteiger partial charge in [0.05, 0.1) is 0 Å². The van der Waals surface area contributed by atoms with Crippen molar-refractivity contribution in [2.45, 2.75) is 77.3 Å². The number of amides is 1. The fourth-order valence-corrected chi connectivity index (χ4v) is 6.82. The van der Waals surface area contributed by atoms with Gasteiger partial charge in [0.25, 0.3) is 5.56 Å². The van der Waals surface area contributed by atoms with Crippen molar-refractivity contribution in [2.24, 2.45) is 5.41 Å². The number of benzene rings is 2. The minimum atomic E-state index is -4.60. The predicted octanol–water partition coefficient (Wildman–Crippen LogP) is 4.30. The van der Waals surface area contributed by atoms with Crippen molar-refractivity contribution < 1.29 is 52.4 Å². The average molecular weight is 801 g/mol. The summed E-state index contributed by atoms with van der Waals surface area (Å²) < 4.78 is 60.2. The molecular weight excluding hydrogens is 752 g/mol. The van der Waals surface area contributed by atoms with E-state index in [0.29, 0.717) is 62.3 Å². The highest BCUT2D eigenvalue weighted by molar-refractivity contribution is 5.83. The number of aliphatic hydroxyl groups excluding tert-OH is 2. The van der Waals surface area contributed by atoms with Gasteiger partial charge in [-0.1, -0.05) is 74.5 Å². The number of carbonyl (C=O) groups is 3. The Bertz CT molecular complexity index is 1960. The Morgan fingerprint density at radius 1 is 0.912 bits per heavy atom. The molecule has 1 amide bonds. The smallest absolute Gasteiger partial charge is 0.399 e. The van der Waals surface area contributed by atoms with Crippen molar-refractivity contribution in [1.82, 2.24) is 19.4 Å². The lowest BCUT2D eigenvalue weighted by Gasteiger charge is -2.39. The Morgan fingerprint density at radius 2 is 1.54 bits per heavy atom. The molecule has 0 radical (unpaired) electrons. The fraction of sp³-hybridized carbons (Fsp3) is 0.439.